The minimum Gasteiger partial charge on any atom is -0.379 e. The van der Waals surface area contributed by atoms with Crippen LogP contribution in [0.1, 0.15) is 41.0 Å². The third-order valence-corrected chi connectivity index (χ3v) is 6.91. The van der Waals surface area contributed by atoms with E-state index in [1.807, 2.05) is 0 Å². The lowest BCUT2D eigenvalue weighted by Crippen LogP contribution is -2.66. The molecule has 2 N–H and O–H groups in total. The molecule has 3 rings (SSSR count). The first-order valence-electron chi connectivity index (χ1n) is 8.40. The van der Waals surface area contributed by atoms with Gasteiger partial charge >= 0.3 is 0 Å². The molecule has 22 heavy (non-hydrogen) atoms. The van der Waals surface area contributed by atoms with Crippen LogP contribution in [0.3, 0.4) is 0 Å². The second kappa shape index (κ2) is 5.04. The zero-order valence-corrected chi connectivity index (χ0v) is 15.2. The molecule has 5 nitrogen and oxygen atoms in total. The second-order valence-corrected chi connectivity index (χ2v) is 8.51. The predicted octanol–water partition coefficient (Wildman–Crippen LogP) is 1.80. The van der Waals surface area contributed by atoms with Crippen LogP contribution in [-0.2, 0) is 9.57 Å². The lowest BCUT2D eigenvalue weighted by atomic mass is 9.94. The average molecular weight is 332 g/mol. The minimum atomic E-state index is -0.505. The van der Waals surface area contributed by atoms with Crippen molar-refractivity contribution in [3.63, 3.8) is 0 Å². The van der Waals surface area contributed by atoms with Crippen molar-refractivity contribution in [2.45, 2.75) is 62.7 Å². The maximum atomic E-state index is 7.20. The summed E-state index contributed by atoms with van der Waals surface area (Å²) < 4.78 is 5.48. The first kappa shape index (κ1) is 16.9. The topological polar surface area (TPSA) is 51.0 Å². The van der Waals surface area contributed by atoms with Gasteiger partial charge in [-0.1, -0.05) is 6.92 Å². The molecule has 0 radical (unpaired) electrons. The van der Waals surface area contributed by atoms with Gasteiger partial charge in [-0.2, -0.15) is 5.06 Å². The molecular weight excluding hydrogens is 302 g/mol. The smallest absolute Gasteiger partial charge is 0.104 e. The van der Waals surface area contributed by atoms with E-state index in [1.165, 1.54) is 0 Å². The Kier molecular flexibility index (Phi) is 3.88. The number of alkyl halides is 1. The van der Waals surface area contributed by atoms with Gasteiger partial charge in [0.05, 0.1) is 31.0 Å². The Balaban J connectivity index is 1.92. The first-order chi connectivity index (χ1) is 10.2. The molecule has 2 saturated heterocycles. The number of hydroxylamine groups is 2. The van der Waals surface area contributed by atoms with Gasteiger partial charge in [-0.3, -0.25) is 9.74 Å². The summed E-state index contributed by atoms with van der Waals surface area (Å²) in [5.74, 6) is 0.166. The van der Waals surface area contributed by atoms with Crippen LogP contribution in [-0.4, -0.2) is 64.5 Å². The Labute approximate surface area is 139 Å². The van der Waals surface area contributed by atoms with Gasteiger partial charge in [-0.05, 0) is 34.1 Å². The molecule has 6 heteroatoms. The molecule has 0 amide bonds. The van der Waals surface area contributed by atoms with Gasteiger partial charge in [0.1, 0.15) is 4.87 Å². The van der Waals surface area contributed by atoms with Crippen molar-refractivity contribution in [1.29, 1.82) is 0 Å². The lowest BCUT2D eigenvalue weighted by molar-refractivity contribution is -0.259. The second-order valence-electron chi connectivity index (χ2n) is 7.91. The maximum Gasteiger partial charge on any atom is 0.104 e. The highest BCUT2D eigenvalue weighted by molar-refractivity contribution is 6.29. The van der Waals surface area contributed by atoms with E-state index in [4.69, 9.17) is 26.9 Å². The summed E-state index contributed by atoms with van der Waals surface area (Å²) in [5.41, 5.74) is 5.89. The summed E-state index contributed by atoms with van der Waals surface area (Å²) in [6.07, 6.45) is 0.986. The summed E-state index contributed by atoms with van der Waals surface area (Å²) in [5, 5.41) is 2.10. The fourth-order valence-corrected chi connectivity index (χ4v) is 5.84. The van der Waals surface area contributed by atoms with Gasteiger partial charge in [0, 0.05) is 24.5 Å². The lowest BCUT2D eigenvalue weighted by Gasteiger charge is -2.49. The van der Waals surface area contributed by atoms with Crippen LogP contribution >= 0.6 is 11.6 Å². The fourth-order valence-electron chi connectivity index (χ4n) is 5.16. The van der Waals surface area contributed by atoms with Crippen LogP contribution in [0.15, 0.2) is 0 Å². The molecule has 2 heterocycles. The van der Waals surface area contributed by atoms with Crippen LogP contribution in [0.25, 0.3) is 0 Å². The standard InChI is InChI=1S/C16H30ClN3O2/c1-6-9-22-20-13(2,3)12-15(17,14(20,4)5)16(12,18)19-7-10-21-11-8-19/h12H,6-11,18H2,1-5H3. The largest absolute Gasteiger partial charge is 0.379 e. The Morgan fingerprint density at radius 1 is 1.23 bits per heavy atom. The first-order valence-corrected chi connectivity index (χ1v) is 8.78. The molecule has 3 aliphatic rings. The van der Waals surface area contributed by atoms with Crippen molar-refractivity contribution in [3.8, 4) is 0 Å². The SMILES string of the molecule is CCCON1C(C)(C)C2C(N)(N3CCOCC3)C2(Cl)C1(C)C. The number of ether oxygens (including phenoxy) is 1. The normalized spacial score (nSPS) is 44.0. The number of fused-ring (bicyclic) bond motifs is 1. The summed E-state index contributed by atoms with van der Waals surface area (Å²) in [6.45, 7) is 14.7. The monoisotopic (exact) mass is 331 g/mol. The van der Waals surface area contributed by atoms with E-state index < -0.39 is 10.5 Å². The van der Waals surface area contributed by atoms with Gasteiger partial charge in [-0.25, -0.2) is 0 Å². The Morgan fingerprint density at radius 2 is 1.82 bits per heavy atom. The van der Waals surface area contributed by atoms with Crippen molar-refractivity contribution >= 4 is 11.6 Å². The summed E-state index contributed by atoms with van der Waals surface area (Å²) in [7, 11) is 0. The molecule has 3 unspecified atom stereocenters. The van der Waals surface area contributed by atoms with Crippen LogP contribution in [0.5, 0.6) is 0 Å². The third kappa shape index (κ3) is 1.78. The van der Waals surface area contributed by atoms with Gasteiger partial charge in [0.2, 0.25) is 0 Å². The number of hydrogen-bond acceptors (Lipinski definition) is 5. The number of piperidine rings is 1. The van der Waals surface area contributed by atoms with Crippen molar-refractivity contribution in [1.82, 2.24) is 9.96 Å². The maximum absolute atomic E-state index is 7.20. The molecule has 0 aromatic carbocycles. The van der Waals surface area contributed by atoms with E-state index in [0.717, 1.165) is 32.7 Å². The molecule has 0 aromatic heterocycles. The molecule has 1 saturated carbocycles. The highest BCUT2D eigenvalue weighted by atomic mass is 35.5. The Bertz CT molecular complexity index is 453. The Hall–Kier alpha value is 0.0900. The van der Waals surface area contributed by atoms with Crippen LogP contribution in [0.4, 0.5) is 0 Å². The van der Waals surface area contributed by atoms with Crippen molar-refractivity contribution in [2.24, 2.45) is 11.7 Å². The molecule has 1 aliphatic carbocycles. The quantitative estimate of drug-likeness (QED) is 0.796. The number of rotatable bonds is 4. The van der Waals surface area contributed by atoms with E-state index in [-0.39, 0.29) is 17.0 Å². The van der Waals surface area contributed by atoms with E-state index in [9.17, 15) is 0 Å². The van der Waals surface area contributed by atoms with E-state index in [0.29, 0.717) is 6.61 Å². The van der Waals surface area contributed by atoms with Crippen LogP contribution in [0.2, 0.25) is 0 Å². The Morgan fingerprint density at radius 3 is 2.27 bits per heavy atom. The molecule has 0 bridgehead atoms. The average Bonchev–Trinajstić information content (AvgIpc) is 2.96. The molecule has 128 valence electrons. The van der Waals surface area contributed by atoms with Gasteiger partial charge in [-0.15, -0.1) is 11.6 Å². The zero-order chi connectivity index (χ0) is 16.4. The molecule has 0 aromatic rings. The van der Waals surface area contributed by atoms with Gasteiger partial charge in [0.15, 0.2) is 0 Å². The van der Waals surface area contributed by atoms with Crippen molar-refractivity contribution in [2.75, 3.05) is 32.9 Å². The van der Waals surface area contributed by atoms with E-state index >= 15 is 0 Å². The number of nitrogens with two attached hydrogens (primary N) is 1. The number of halogens is 1. The summed E-state index contributed by atoms with van der Waals surface area (Å²) in [6, 6.07) is 0. The molecule has 0 spiro atoms. The van der Waals surface area contributed by atoms with Crippen molar-refractivity contribution < 1.29 is 9.57 Å². The number of hydrogen-bond donors (Lipinski definition) is 1. The molecule has 2 aliphatic heterocycles. The summed E-state index contributed by atoms with van der Waals surface area (Å²) in [4.78, 5) is 7.90. The van der Waals surface area contributed by atoms with Gasteiger partial charge in [0.25, 0.3) is 0 Å². The molecule has 3 fully saturated rings. The molecule has 3 atom stereocenters. The van der Waals surface area contributed by atoms with Crippen molar-refractivity contribution in [3.05, 3.63) is 0 Å². The zero-order valence-electron chi connectivity index (χ0n) is 14.5. The van der Waals surface area contributed by atoms with E-state index in [1.54, 1.807) is 0 Å². The van der Waals surface area contributed by atoms with Gasteiger partial charge < -0.3 is 10.5 Å². The highest BCUT2D eigenvalue weighted by Crippen LogP contribution is 2.75. The predicted molar refractivity (Wildman–Crippen MR) is 87.6 cm³/mol. The third-order valence-electron chi connectivity index (χ3n) is 5.92. The minimum absolute atomic E-state index is 0.166. The number of morpholine rings is 1. The molecular formula is C16H30ClN3O2. The number of nitrogens with zero attached hydrogens (tertiary/aromatic N) is 2. The van der Waals surface area contributed by atoms with Crippen LogP contribution in [0, 0.1) is 5.92 Å². The highest BCUT2D eigenvalue weighted by Gasteiger charge is 2.92. The van der Waals surface area contributed by atoms with E-state index in [2.05, 4.69) is 44.6 Å². The summed E-state index contributed by atoms with van der Waals surface area (Å²) >= 11 is 7.20. The fraction of sp³-hybridized carbons (Fsp3) is 1.00. The van der Waals surface area contributed by atoms with Crippen LogP contribution < -0.4 is 5.73 Å².